The monoisotopic (exact) mass is 206 g/mol. The van der Waals surface area contributed by atoms with Gasteiger partial charge in [0.05, 0.1) is 19.3 Å². The van der Waals surface area contributed by atoms with Crippen LogP contribution in [0, 0.1) is 0 Å². The fourth-order valence-electron chi connectivity index (χ4n) is 1.52. The second kappa shape index (κ2) is 4.91. The number of hydrogen-bond acceptors (Lipinski definition) is 4. The van der Waals surface area contributed by atoms with E-state index in [9.17, 15) is 0 Å². The molecule has 0 spiro atoms. The van der Waals surface area contributed by atoms with Gasteiger partial charge >= 0.3 is 0 Å². The lowest BCUT2D eigenvalue weighted by Crippen LogP contribution is -2.29. The first-order valence-electron chi connectivity index (χ1n) is 4.98. The average molecular weight is 206 g/mol. The molecule has 4 heteroatoms. The molecule has 0 saturated carbocycles. The molecule has 80 valence electrons. The third-order valence-corrected chi connectivity index (χ3v) is 2.20. The standard InChI is InChI=1S/C11H14N2O2/c1-2-7-15-13-6-3-4-10(9-13)11-12-5-8-14-11/h2,4-5,8H,1,3,6-7,9H2. The quantitative estimate of drug-likeness (QED) is 0.705. The number of nitrogens with zero attached hydrogens (tertiary/aromatic N) is 2. The van der Waals surface area contributed by atoms with E-state index in [4.69, 9.17) is 9.25 Å². The summed E-state index contributed by atoms with van der Waals surface area (Å²) >= 11 is 0. The van der Waals surface area contributed by atoms with Crippen LogP contribution in [0.1, 0.15) is 12.3 Å². The molecule has 0 atom stereocenters. The van der Waals surface area contributed by atoms with Crippen LogP contribution in [-0.4, -0.2) is 29.7 Å². The molecule has 15 heavy (non-hydrogen) atoms. The Balaban J connectivity index is 1.97. The second-order valence-electron chi connectivity index (χ2n) is 3.30. The Morgan fingerprint density at radius 3 is 3.33 bits per heavy atom. The van der Waals surface area contributed by atoms with Crippen LogP contribution in [-0.2, 0) is 4.84 Å². The molecule has 0 aliphatic carbocycles. The van der Waals surface area contributed by atoms with Crippen LogP contribution < -0.4 is 0 Å². The van der Waals surface area contributed by atoms with Crippen molar-refractivity contribution in [2.45, 2.75) is 6.42 Å². The van der Waals surface area contributed by atoms with Gasteiger partial charge in [-0.05, 0) is 6.42 Å². The van der Waals surface area contributed by atoms with Crippen molar-refractivity contribution in [2.24, 2.45) is 0 Å². The van der Waals surface area contributed by atoms with E-state index in [1.54, 1.807) is 18.5 Å². The van der Waals surface area contributed by atoms with Gasteiger partial charge in [-0.15, -0.1) is 6.58 Å². The fraction of sp³-hybridized carbons (Fsp3) is 0.364. The maximum Gasteiger partial charge on any atom is 0.222 e. The number of rotatable bonds is 4. The first kappa shape index (κ1) is 10.1. The van der Waals surface area contributed by atoms with Gasteiger partial charge in [0.25, 0.3) is 0 Å². The zero-order chi connectivity index (χ0) is 10.5. The second-order valence-corrected chi connectivity index (χ2v) is 3.30. The zero-order valence-electron chi connectivity index (χ0n) is 8.56. The third-order valence-electron chi connectivity index (χ3n) is 2.20. The highest BCUT2D eigenvalue weighted by Gasteiger charge is 2.16. The largest absolute Gasteiger partial charge is 0.445 e. The molecule has 2 heterocycles. The molecule has 0 amide bonds. The van der Waals surface area contributed by atoms with Crippen molar-refractivity contribution in [3.05, 3.63) is 37.1 Å². The van der Waals surface area contributed by atoms with Gasteiger partial charge in [0, 0.05) is 12.1 Å². The van der Waals surface area contributed by atoms with Crippen molar-refractivity contribution in [3.8, 4) is 0 Å². The molecule has 0 N–H and O–H groups in total. The van der Waals surface area contributed by atoms with E-state index in [2.05, 4.69) is 17.6 Å². The van der Waals surface area contributed by atoms with Gasteiger partial charge in [0.1, 0.15) is 6.26 Å². The van der Waals surface area contributed by atoms with Crippen LogP contribution in [0.3, 0.4) is 0 Å². The van der Waals surface area contributed by atoms with Crippen LogP contribution in [0.5, 0.6) is 0 Å². The maximum atomic E-state index is 5.47. The van der Waals surface area contributed by atoms with Gasteiger partial charge in [-0.25, -0.2) is 4.98 Å². The molecule has 1 aliphatic heterocycles. The molecule has 0 unspecified atom stereocenters. The maximum absolute atomic E-state index is 5.47. The van der Waals surface area contributed by atoms with E-state index in [0.717, 1.165) is 18.5 Å². The number of hydroxylamine groups is 2. The molecule has 1 aromatic rings. The third kappa shape index (κ3) is 2.55. The van der Waals surface area contributed by atoms with Crippen LogP contribution in [0.25, 0.3) is 5.57 Å². The summed E-state index contributed by atoms with van der Waals surface area (Å²) in [6, 6.07) is 0. The van der Waals surface area contributed by atoms with Crippen LogP contribution >= 0.6 is 0 Å². The molecular weight excluding hydrogens is 192 g/mol. The van der Waals surface area contributed by atoms with Crippen LogP contribution in [0.15, 0.2) is 35.6 Å². The van der Waals surface area contributed by atoms with Crippen molar-refractivity contribution in [3.63, 3.8) is 0 Å². The molecule has 1 aromatic heterocycles. The molecule has 2 rings (SSSR count). The SMILES string of the molecule is C=CCON1CCC=C(c2ncco2)C1. The highest BCUT2D eigenvalue weighted by atomic mass is 16.7. The zero-order valence-corrected chi connectivity index (χ0v) is 8.56. The van der Waals surface area contributed by atoms with Crippen molar-refractivity contribution in [1.82, 2.24) is 10.0 Å². The lowest BCUT2D eigenvalue weighted by molar-refractivity contribution is -0.139. The molecule has 1 aliphatic rings. The van der Waals surface area contributed by atoms with E-state index >= 15 is 0 Å². The number of oxazole rings is 1. The lowest BCUT2D eigenvalue weighted by atomic mass is 10.1. The predicted octanol–water partition coefficient (Wildman–Crippen LogP) is 1.88. The van der Waals surface area contributed by atoms with Gasteiger partial charge < -0.3 is 4.42 Å². The van der Waals surface area contributed by atoms with Gasteiger partial charge in [-0.3, -0.25) is 4.84 Å². The summed E-state index contributed by atoms with van der Waals surface area (Å²) in [5.41, 5.74) is 1.08. The average Bonchev–Trinajstić information content (AvgIpc) is 2.80. The van der Waals surface area contributed by atoms with E-state index in [-0.39, 0.29) is 0 Å². The Morgan fingerprint density at radius 2 is 2.60 bits per heavy atom. The molecule has 0 aromatic carbocycles. The highest BCUT2D eigenvalue weighted by Crippen LogP contribution is 2.19. The molecule has 0 saturated heterocycles. The van der Waals surface area contributed by atoms with Crippen LogP contribution in [0.4, 0.5) is 0 Å². The Bertz CT molecular complexity index is 343. The Morgan fingerprint density at radius 1 is 1.67 bits per heavy atom. The topological polar surface area (TPSA) is 38.5 Å². The van der Waals surface area contributed by atoms with E-state index in [1.807, 2.05) is 5.06 Å². The Hall–Kier alpha value is -1.39. The molecule has 0 bridgehead atoms. The summed E-state index contributed by atoms with van der Waals surface area (Å²) in [6.07, 6.45) is 8.07. The summed E-state index contributed by atoms with van der Waals surface area (Å²) in [7, 11) is 0. The van der Waals surface area contributed by atoms with Gasteiger partial charge in [0.2, 0.25) is 5.89 Å². The van der Waals surface area contributed by atoms with Crippen molar-refractivity contribution in [1.29, 1.82) is 0 Å². The van der Waals surface area contributed by atoms with Crippen molar-refractivity contribution in [2.75, 3.05) is 19.7 Å². The smallest absolute Gasteiger partial charge is 0.222 e. The first-order chi connectivity index (χ1) is 7.40. The Labute approximate surface area is 88.8 Å². The minimum atomic E-state index is 0.541. The minimum absolute atomic E-state index is 0.541. The summed E-state index contributed by atoms with van der Waals surface area (Å²) in [5.74, 6) is 0.682. The van der Waals surface area contributed by atoms with E-state index in [0.29, 0.717) is 19.0 Å². The summed E-state index contributed by atoms with van der Waals surface area (Å²) < 4.78 is 5.24. The lowest BCUT2D eigenvalue weighted by Gasteiger charge is -2.24. The summed E-state index contributed by atoms with van der Waals surface area (Å²) in [4.78, 5) is 9.58. The number of aromatic nitrogens is 1. The summed E-state index contributed by atoms with van der Waals surface area (Å²) in [5, 5.41) is 1.90. The highest BCUT2D eigenvalue weighted by molar-refractivity contribution is 5.60. The van der Waals surface area contributed by atoms with Gasteiger partial charge in [0.15, 0.2) is 0 Å². The van der Waals surface area contributed by atoms with Crippen LogP contribution in [0.2, 0.25) is 0 Å². The number of hydrogen-bond donors (Lipinski definition) is 0. The molecule has 4 nitrogen and oxygen atoms in total. The van der Waals surface area contributed by atoms with E-state index < -0.39 is 0 Å². The normalized spacial score (nSPS) is 17.5. The molecule has 0 fully saturated rings. The van der Waals surface area contributed by atoms with Gasteiger partial charge in [-0.1, -0.05) is 12.2 Å². The Kier molecular flexibility index (Phi) is 3.32. The van der Waals surface area contributed by atoms with Crippen molar-refractivity contribution >= 4 is 5.57 Å². The minimum Gasteiger partial charge on any atom is -0.445 e. The van der Waals surface area contributed by atoms with Crippen molar-refractivity contribution < 1.29 is 9.25 Å². The van der Waals surface area contributed by atoms with Gasteiger partial charge in [-0.2, -0.15) is 5.06 Å². The first-order valence-corrected chi connectivity index (χ1v) is 4.98. The molecule has 0 radical (unpaired) electrons. The predicted molar refractivity (Wildman–Crippen MR) is 56.8 cm³/mol. The molecular formula is C11H14N2O2. The van der Waals surface area contributed by atoms with E-state index in [1.165, 1.54) is 0 Å². The summed E-state index contributed by atoms with van der Waals surface area (Å²) in [6.45, 7) is 5.77. The fourth-order valence-corrected chi connectivity index (χ4v) is 1.52.